The Kier molecular flexibility index (Phi) is 6.30. The summed E-state index contributed by atoms with van der Waals surface area (Å²) in [6, 6.07) is 11.4. The Morgan fingerprint density at radius 1 is 1.00 bits per heavy atom. The van der Waals surface area contributed by atoms with Crippen molar-refractivity contribution in [3.05, 3.63) is 64.7 Å². The van der Waals surface area contributed by atoms with Crippen molar-refractivity contribution in [3.8, 4) is 0 Å². The van der Waals surface area contributed by atoms with Crippen LogP contribution in [0.3, 0.4) is 0 Å². The van der Waals surface area contributed by atoms with Crippen LogP contribution < -0.4 is 5.32 Å². The molecule has 0 spiro atoms. The highest BCUT2D eigenvalue weighted by Gasteiger charge is 2.35. The van der Waals surface area contributed by atoms with Gasteiger partial charge in [0, 0.05) is 24.2 Å². The normalized spacial score (nSPS) is 13.0. The van der Waals surface area contributed by atoms with Crippen LogP contribution in [0.5, 0.6) is 0 Å². The Morgan fingerprint density at radius 2 is 1.67 bits per heavy atom. The number of aliphatic carboxylic acids is 1. The number of hydrogen-bond donors (Lipinski definition) is 2. The first-order valence-corrected chi connectivity index (χ1v) is 9.88. The van der Waals surface area contributed by atoms with Gasteiger partial charge in [-0.1, -0.05) is 26.0 Å². The van der Waals surface area contributed by atoms with Gasteiger partial charge in [0.1, 0.15) is 0 Å². The van der Waals surface area contributed by atoms with Crippen LogP contribution in [-0.2, 0) is 11.2 Å². The lowest BCUT2D eigenvalue weighted by Crippen LogP contribution is -2.31. The van der Waals surface area contributed by atoms with E-state index in [9.17, 15) is 19.2 Å². The lowest BCUT2D eigenvalue weighted by molar-refractivity contribution is -0.136. The number of carbonyl (C=O) groups excluding carboxylic acids is 3. The molecule has 0 fully saturated rings. The van der Waals surface area contributed by atoms with Gasteiger partial charge in [-0.25, -0.2) is 0 Å². The molecule has 0 atom stereocenters. The topological polar surface area (TPSA) is 104 Å². The van der Waals surface area contributed by atoms with Gasteiger partial charge in [0.2, 0.25) is 0 Å². The standard InChI is InChI=1S/C23H24N2O5/c1-14(2)11-12-25-22(29)18-9-6-16(13-19(18)23(25)30)21(28)24-17-7-3-15(4-8-17)5-10-20(26)27/h3-4,6-9,13-14H,5,10-12H2,1-2H3,(H,24,28)(H,26,27). The number of carboxylic acids is 1. The Hall–Kier alpha value is -3.48. The third kappa shape index (κ3) is 4.74. The minimum absolute atomic E-state index is 0.0434. The maximum Gasteiger partial charge on any atom is 0.303 e. The summed E-state index contributed by atoms with van der Waals surface area (Å²) in [4.78, 5) is 49.6. The SMILES string of the molecule is CC(C)CCN1C(=O)c2ccc(C(=O)Nc3ccc(CCC(=O)O)cc3)cc2C1=O. The molecular weight excluding hydrogens is 384 g/mol. The van der Waals surface area contributed by atoms with Gasteiger partial charge >= 0.3 is 5.97 Å². The number of hydrogen-bond acceptors (Lipinski definition) is 4. The van der Waals surface area contributed by atoms with Gasteiger partial charge in [-0.2, -0.15) is 0 Å². The summed E-state index contributed by atoms with van der Waals surface area (Å²) in [6.07, 6.45) is 1.18. The van der Waals surface area contributed by atoms with Crippen molar-refractivity contribution >= 4 is 29.4 Å². The number of amides is 3. The molecule has 2 aromatic carbocycles. The highest BCUT2D eigenvalue weighted by atomic mass is 16.4. The molecule has 30 heavy (non-hydrogen) atoms. The van der Waals surface area contributed by atoms with Crippen molar-refractivity contribution in [1.29, 1.82) is 0 Å². The zero-order chi connectivity index (χ0) is 21.8. The highest BCUT2D eigenvalue weighted by Crippen LogP contribution is 2.25. The zero-order valence-corrected chi connectivity index (χ0v) is 17.0. The van der Waals surface area contributed by atoms with Crippen molar-refractivity contribution in [2.24, 2.45) is 5.92 Å². The second-order valence-corrected chi connectivity index (χ2v) is 7.75. The van der Waals surface area contributed by atoms with E-state index in [4.69, 9.17) is 5.11 Å². The summed E-state index contributed by atoms with van der Waals surface area (Å²) in [7, 11) is 0. The number of carboxylic acid groups (broad SMARTS) is 1. The molecule has 0 radical (unpaired) electrons. The number of fused-ring (bicyclic) bond motifs is 1. The third-order valence-electron chi connectivity index (χ3n) is 5.00. The Balaban J connectivity index is 1.69. The van der Waals surface area contributed by atoms with Crippen molar-refractivity contribution in [2.45, 2.75) is 33.1 Å². The summed E-state index contributed by atoms with van der Waals surface area (Å²) in [6.45, 7) is 4.42. The Labute approximate surface area is 174 Å². The van der Waals surface area contributed by atoms with E-state index in [1.165, 1.54) is 23.1 Å². The van der Waals surface area contributed by atoms with E-state index in [1.54, 1.807) is 24.3 Å². The van der Waals surface area contributed by atoms with Gasteiger partial charge in [0.15, 0.2) is 0 Å². The molecule has 1 heterocycles. The molecule has 0 bridgehead atoms. The minimum atomic E-state index is -0.861. The first-order valence-electron chi connectivity index (χ1n) is 9.88. The summed E-state index contributed by atoms with van der Waals surface area (Å²) >= 11 is 0. The second-order valence-electron chi connectivity index (χ2n) is 7.75. The maximum atomic E-state index is 12.6. The van der Waals surface area contributed by atoms with E-state index >= 15 is 0 Å². The molecule has 0 aliphatic carbocycles. The predicted octanol–water partition coefficient (Wildman–Crippen LogP) is 3.60. The van der Waals surface area contributed by atoms with E-state index < -0.39 is 11.9 Å². The van der Waals surface area contributed by atoms with Crippen LogP contribution in [0.2, 0.25) is 0 Å². The first-order chi connectivity index (χ1) is 14.3. The summed E-state index contributed by atoms with van der Waals surface area (Å²) in [5.41, 5.74) is 2.28. The molecule has 0 saturated heterocycles. The van der Waals surface area contributed by atoms with Crippen molar-refractivity contribution in [1.82, 2.24) is 4.90 Å². The quantitative estimate of drug-likeness (QED) is 0.650. The van der Waals surface area contributed by atoms with Gasteiger partial charge in [-0.05, 0) is 54.7 Å². The third-order valence-corrected chi connectivity index (χ3v) is 5.00. The fourth-order valence-electron chi connectivity index (χ4n) is 3.23. The highest BCUT2D eigenvalue weighted by molar-refractivity contribution is 6.22. The number of benzene rings is 2. The lowest BCUT2D eigenvalue weighted by Gasteiger charge is -2.14. The Morgan fingerprint density at radius 3 is 2.30 bits per heavy atom. The van der Waals surface area contributed by atoms with E-state index in [0.717, 1.165) is 12.0 Å². The minimum Gasteiger partial charge on any atom is -0.481 e. The largest absolute Gasteiger partial charge is 0.481 e. The van der Waals surface area contributed by atoms with E-state index in [0.29, 0.717) is 30.1 Å². The molecule has 7 nitrogen and oxygen atoms in total. The average molecular weight is 408 g/mol. The van der Waals surface area contributed by atoms with Crippen molar-refractivity contribution in [3.63, 3.8) is 0 Å². The monoisotopic (exact) mass is 408 g/mol. The van der Waals surface area contributed by atoms with Crippen LogP contribution in [0, 0.1) is 5.92 Å². The number of rotatable bonds is 8. The molecule has 7 heteroatoms. The fraction of sp³-hybridized carbons (Fsp3) is 0.304. The molecule has 2 aromatic rings. The van der Waals surface area contributed by atoms with Crippen LogP contribution in [0.25, 0.3) is 0 Å². The number of imide groups is 1. The smallest absolute Gasteiger partial charge is 0.303 e. The number of anilines is 1. The number of carbonyl (C=O) groups is 4. The number of nitrogens with zero attached hydrogens (tertiary/aromatic N) is 1. The van der Waals surface area contributed by atoms with Gasteiger partial charge < -0.3 is 10.4 Å². The van der Waals surface area contributed by atoms with Crippen LogP contribution in [-0.4, -0.2) is 40.2 Å². The predicted molar refractivity (Wildman–Crippen MR) is 112 cm³/mol. The van der Waals surface area contributed by atoms with Gasteiger partial charge in [0.05, 0.1) is 11.1 Å². The maximum absolute atomic E-state index is 12.6. The molecule has 1 aliphatic rings. The van der Waals surface area contributed by atoms with E-state index in [2.05, 4.69) is 5.32 Å². The van der Waals surface area contributed by atoms with Crippen LogP contribution >= 0.6 is 0 Å². The van der Waals surface area contributed by atoms with Gasteiger partial charge in [-0.3, -0.25) is 24.1 Å². The van der Waals surface area contributed by atoms with Crippen LogP contribution in [0.1, 0.15) is 63.3 Å². The first kappa shape index (κ1) is 21.2. The van der Waals surface area contributed by atoms with Crippen molar-refractivity contribution < 1.29 is 24.3 Å². The number of nitrogens with one attached hydrogen (secondary N) is 1. The molecule has 1 aliphatic heterocycles. The van der Waals surface area contributed by atoms with Crippen LogP contribution in [0.4, 0.5) is 5.69 Å². The molecule has 0 aromatic heterocycles. The zero-order valence-electron chi connectivity index (χ0n) is 17.0. The molecule has 3 amide bonds. The molecule has 2 N–H and O–H groups in total. The number of aryl methyl sites for hydroxylation is 1. The molecular formula is C23H24N2O5. The van der Waals surface area contributed by atoms with E-state index in [-0.39, 0.29) is 29.4 Å². The fourth-order valence-corrected chi connectivity index (χ4v) is 3.23. The second kappa shape index (κ2) is 8.90. The molecule has 156 valence electrons. The van der Waals surface area contributed by atoms with Crippen molar-refractivity contribution in [2.75, 3.05) is 11.9 Å². The summed E-state index contributed by atoms with van der Waals surface area (Å²) in [5.74, 6) is -1.57. The molecule has 0 unspecified atom stereocenters. The molecule has 3 rings (SSSR count). The molecule has 0 saturated carbocycles. The Bertz CT molecular complexity index is 995. The van der Waals surface area contributed by atoms with Gasteiger partial charge in [-0.15, -0.1) is 0 Å². The summed E-state index contributed by atoms with van der Waals surface area (Å²) < 4.78 is 0. The van der Waals surface area contributed by atoms with Crippen LogP contribution in [0.15, 0.2) is 42.5 Å². The lowest BCUT2D eigenvalue weighted by atomic mass is 10.0. The van der Waals surface area contributed by atoms with Gasteiger partial charge in [0.25, 0.3) is 17.7 Å². The average Bonchev–Trinajstić information content (AvgIpc) is 2.95. The summed E-state index contributed by atoms with van der Waals surface area (Å²) in [5, 5.41) is 11.5. The van der Waals surface area contributed by atoms with E-state index in [1.807, 2.05) is 13.8 Å².